The van der Waals surface area contributed by atoms with Crippen molar-refractivity contribution in [3.63, 3.8) is 0 Å². The van der Waals surface area contributed by atoms with Crippen LogP contribution < -0.4 is 11.5 Å². The molecule has 0 aromatic heterocycles. The number of aliphatic imine (C=N–C) groups is 1. The minimum absolute atomic E-state index is 0. The van der Waals surface area contributed by atoms with Gasteiger partial charge in [-0.15, -0.1) is 24.0 Å². The second-order valence-corrected chi connectivity index (χ2v) is 7.31. The van der Waals surface area contributed by atoms with Crippen LogP contribution in [-0.4, -0.2) is 47.8 Å². The zero-order chi connectivity index (χ0) is 17.8. The number of piperidine rings is 1. The van der Waals surface area contributed by atoms with Crippen LogP contribution in [0.15, 0.2) is 29.3 Å². The smallest absolute Gasteiger partial charge is 0.221 e. The average Bonchev–Trinajstić information content (AvgIpc) is 3.44. The summed E-state index contributed by atoms with van der Waals surface area (Å²) in [7, 11) is 2.01. The Kier molecular flexibility index (Phi) is 7.69. The number of nitrogens with two attached hydrogens (primary N) is 2. The Hall–Kier alpha value is -1.35. The molecule has 4 N–H and O–H groups in total. The van der Waals surface area contributed by atoms with Gasteiger partial charge in [-0.25, -0.2) is 4.99 Å². The first-order valence-electron chi connectivity index (χ1n) is 9.15. The van der Waals surface area contributed by atoms with E-state index in [2.05, 4.69) is 39.1 Å². The van der Waals surface area contributed by atoms with Crippen LogP contribution in [0.4, 0.5) is 0 Å². The van der Waals surface area contributed by atoms with Gasteiger partial charge in [-0.05, 0) is 43.4 Å². The molecule has 1 aromatic carbocycles. The number of halogens is 1. The van der Waals surface area contributed by atoms with Gasteiger partial charge in [0.25, 0.3) is 0 Å². The third-order valence-corrected chi connectivity index (χ3v) is 5.19. The van der Waals surface area contributed by atoms with Crippen LogP contribution in [0.1, 0.15) is 36.8 Å². The van der Waals surface area contributed by atoms with Gasteiger partial charge in [0.1, 0.15) is 0 Å². The lowest BCUT2D eigenvalue weighted by atomic mass is 9.97. The molecule has 1 atom stereocenters. The summed E-state index contributed by atoms with van der Waals surface area (Å²) in [6.45, 7) is 3.22. The Labute approximate surface area is 173 Å². The van der Waals surface area contributed by atoms with Crippen LogP contribution in [0.2, 0.25) is 0 Å². The summed E-state index contributed by atoms with van der Waals surface area (Å²) in [4.78, 5) is 20.3. The number of nitrogens with zero attached hydrogens (tertiary/aromatic N) is 3. The molecule has 2 aliphatic rings. The summed E-state index contributed by atoms with van der Waals surface area (Å²) < 4.78 is 0. The second-order valence-electron chi connectivity index (χ2n) is 7.31. The maximum absolute atomic E-state index is 11.4. The van der Waals surface area contributed by atoms with E-state index >= 15 is 0 Å². The Morgan fingerprint density at radius 3 is 2.69 bits per heavy atom. The van der Waals surface area contributed by atoms with Gasteiger partial charge in [-0.1, -0.05) is 24.3 Å². The van der Waals surface area contributed by atoms with Gasteiger partial charge in [0.15, 0.2) is 5.96 Å². The molecule has 1 aliphatic carbocycles. The molecule has 0 radical (unpaired) electrons. The van der Waals surface area contributed by atoms with Crippen molar-refractivity contribution in [3.8, 4) is 0 Å². The molecule has 1 aliphatic heterocycles. The highest BCUT2D eigenvalue weighted by Crippen LogP contribution is 2.25. The topological polar surface area (TPSA) is 87.9 Å². The van der Waals surface area contributed by atoms with Crippen LogP contribution in [-0.2, 0) is 17.9 Å². The van der Waals surface area contributed by atoms with E-state index in [1.807, 2.05) is 7.05 Å². The van der Waals surface area contributed by atoms with Gasteiger partial charge in [0.05, 0.1) is 12.5 Å². The predicted molar refractivity (Wildman–Crippen MR) is 115 cm³/mol. The van der Waals surface area contributed by atoms with E-state index in [-0.39, 0.29) is 35.8 Å². The number of rotatable bonds is 6. The molecule has 1 saturated heterocycles. The summed E-state index contributed by atoms with van der Waals surface area (Å²) in [5, 5.41) is 0. The van der Waals surface area contributed by atoms with Gasteiger partial charge in [-0.2, -0.15) is 0 Å². The molecular weight excluding hydrogens is 441 g/mol. The van der Waals surface area contributed by atoms with Gasteiger partial charge in [0, 0.05) is 26.2 Å². The summed E-state index contributed by atoms with van der Waals surface area (Å²) in [6, 6.07) is 9.03. The monoisotopic (exact) mass is 471 g/mol. The van der Waals surface area contributed by atoms with Crippen molar-refractivity contribution in [2.24, 2.45) is 22.4 Å². The van der Waals surface area contributed by atoms with Gasteiger partial charge < -0.3 is 16.4 Å². The fourth-order valence-corrected chi connectivity index (χ4v) is 3.45. The maximum atomic E-state index is 11.4. The van der Waals surface area contributed by atoms with E-state index < -0.39 is 0 Å². The second kappa shape index (κ2) is 9.55. The number of guanidine groups is 1. The summed E-state index contributed by atoms with van der Waals surface area (Å²) >= 11 is 0. The van der Waals surface area contributed by atoms with E-state index in [1.165, 1.54) is 18.4 Å². The largest absolute Gasteiger partial charge is 0.370 e. The van der Waals surface area contributed by atoms with E-state index in [1.54, 1.807) is 0 Å². The molecule has 6 nitrogen and oxygen atoms in total. The summed E-state index contributed by atoms with van der Waals surface area (Å²) in [5.41, 5.74) is 13.9. The molecule has 1 unspecified atom stereocenters. The number of hydrogen-bond donors (Lipinski definition) is 2. The van der Waals surface area contributed by atoms with Crippen molar-refractivity contribution in [2.45, 2.75) is 44.8 Å². The van der Waals surface area contributed by atoms with Crippen molar-refractivity contribution in [1.29, 1.82) is 0 Å². The first kappa shape index (κ1) is 21.0. The molecule has 2 fully saturated rings. The number of carbonyl (C=O) groups excluding carboxylic acids is 1. The standard InChI is InChI=1S/C19H29N5O.HI/c1-23(17-7-8-17)19(21)22-11-14-4-2-5-15(10-14)12-24-9-3-6-16(13-24)18(20)25;/h2,4-5,10,16-17H,3,6-9,11-13H2,1H3,(H2,20,25)(H2,21,22);1H. The lowest BCUT2D eigenvalue weighted by Gasteiger charge is -2.31. The van der Waals surface area contributed by atoms with Gasteiger partial charge >= 0.3 is 0 Å². The first-order chi connectivity index (χ1) is 12.0. The molecule has 7 heteroatoms. The van der Waals surface area contributed by atoms with Crippen molar-refractivity contribution >= 4 is 35.8 Å². The van der Waals surface area contributed by atoms with Crippen LogP contribution >= 0.6 is 24.0 Å². The number of amides is 1. The summed E-state index contributed by atoms with van der Waals surface area (Å²) in [5.74, 6) is 0.426. The van der Waals surface area contributed by atoms with Crippen LogP contribution in [0.25, 0.3) is 0 Å². The highest BCUT2D eigenvalue weighted by atomic mass is 127. The normalized spacial score (nSPS) is 21.1. The Morgan fingerprint density at radius 2 is 2.00 bits per heavy atom. The van der Waals surface area contributed by atoms with E-state index in [9.17, 15) is 4.79 Å². The molecule has 0 spiro atoms. The first-order valence-corrected chi connectivity index (χ1v) is 9.15. The Balaban J connectivity index is 0.00000243. The van der Waals surface area contributed by atoms with E-state index in [0.29, 0.717) is 18.5 Å². The number of likely N-dealkylation sites (tertiary alicyclic amines) is 1. The van der Waals surface area contributed by atoms with Crippen LogP contribution in [0.3, 0.4) is 0 Å². The molecule has 3 rings (SSSR count). The number of benzene rings is 1. The molecule has 1 heterocycles. The van der Waals surface area contributed by atoms with Crippen molar-refractivity contribution in [2.75, 3.05) is 20.1 Å². The van der Waals surface area contributed by atoms with Crippen molar-refractivity contribution in [3.05, 3.63) is 35.4 Å². The molecule has 144 valence electrons. The molecule has 1 aromatic rings. The molecule has 0 bridgehead atoms. The van der Waals surface area contributed by atoms with Crippen molar-refractivity contribution < 1.29 is 4.79 Å². The number of primary amides is 1. The Bertz CT molecular complexity index is 647. The highest BCUT2D eigenvalue weighted by molar-refractivity contribution is 14.0. The summed E-state index contributed by atoms with van der Waals surface area (Å²) in [6.07, 6.45) is 4.37. The average molecular weight is 471 g/mol. The predicted octanol–water partition coefficient (Wildman–Crippen LogP) is 1.91. The SMILES string of the molecule is CN(C(N)=NCc1cccc(CN2CCCC(C(N)=O)C2)c1)C1CC1.I. The zero-order valence-electron chi connectivity index (χ0n) is 15.4. The van der Waals surface area contributed by atoms with Gasteiger partial charge in [0.2, 0.25) is 5.91 Å². The lowest BCUT2D eigenvalue weighted by Crippen LogP contribution is -2.40. The van der Waals surface area contributed by atoms with Gasteiger partial charge in [-0.3, -0.25) is 9.69 Å². The lowest BCUT2D eigenvalue weighted by molar-refractivity contribution is -0.123. The van der Waals surface area contributed by atoms with E-state index in [4.69, 9.17) is 11.5 Å². The van der Waals surface area contributed by atoms with E-state index in [0.717, 1.165) is 38.0 Å². The van der Waals surface area contributed by atoms with Crippen LogP contribution in [0, 0.1) is 5.92 Å². The van der Waals surface area contributed by atoms with Crippen LogP contribution in [0.5, 0.6) is 0 Å². The third-order valence-electron chi connectivity index (χ3n) is 5.19. The van der Waals surface area contributed by atoms with Crippen molar-refractivity contribution in [1.82, 2.24) is 9.80 Å². The number of carbonyl (C=O) groups is 1. The minimum Gasteiger partial charge on any atom is -0.370 e. The fraction of sp³-hybridized carbons (Fsp3) is 0.579. The molecule has 1 amide bonds. The molecule has 1 saturated carbocycles. The molecular formula is C19H30IN5O. The molecule has 26 heavy (non-hydrogen) atoms. The third kappa shape index (κ3) is 5.84. The quantitative estimate of drug-likeness (QED) is 0.377. The Morgan fingerprint density at radius 1 is 1.27 bits per heavy atom. The fourth-order valence-electron chi connectivity index (χ4n) is 3.45. The zero-order valence-corrected chi connectivity index (χ0v) is 17.8. The maximum Gasteiger partial charge on any atom is 0.221 e. The number of hydrogen-bond acceptors (Lipinski definition) is 3. The highest BCUT2D eigenvalue weighted by Gasteiger charge is 2.27. The minimum atomic E-state index is -0.178.